The molecule has 0 aliphatic rings. The Kier molecular flexibility index (Phi) is 5.87. The molecule has 1 heterocycles. The van der Waals surface area contributed by atoms with Gasteiger partial charge in [-0.15, -0.1) is 0 Å². The summed E-state index contributed by atoms with van der Waals surface area (Å²) in [6.07, 6.45) is 0. The van der Waals surface area contributed by atoms with Crippen molar-refractivity contribution in [3.63, 3.8) is 0 Å². The van der Waals surface area contributed by atoms with Gasteiger partial charge >= 0.3 is 0 Å². The minimum absolute atomic E-state index is 0.000996. The Bertz CT molecular complexity index is 1050. The van der Waals surface area contributed by atoms with Gasteiger partial charge in [-0.05, 0) is 42.8 Å². The Hall–Kier alpha value is -3.03. The molecule has 0 fully saturated rings. The van der Waals surface area contributed by atoms with Crippen molar-refractivity contribution >= 4 is 40.5 Å². The van der Waals surface area contributed by atoms with Gasteiger partial charge in [-0.25, -0.2) is 0 Å². The van der Waals surface area contributed by atoms with Crippen molar-refractivity contribution in [2.24, 2.45) is 0 Å². The van der Waals surface area contributed by atoms with Gasteiger partial charge in [-0.3, -0.25) is 14.9 Å². The molecular weight excluding hydrogens is 407 g/mol. The highest BCUT2D eigenvalue weighted by Crippen LogP contribution is 2.29. The minimum atomic E-state index is -0.547. The van der Waals surface area contributed by atoms with Crippen LogP contribution in [0.4, 0.5) is 11.4 Å². The van der Waals surface area contributed by atoms with E-state index in [-0.39, 0.29) is 28.8 Å². The number of amides is 1. The molecule has 0 aliphatic carbocycles. The van der Waals surface area contributed by atoms with E-state index in [9.17, 15) is 14.9 Å². The lowest BCUT2D eigenvalue weighted by Gasteiger charge is -2.08. The molecule has 0 bridgehead atoms. The Balaban J connectivity index is 1.65. The zero-order chi connectivity index (χ0) is 20.3. The number of nitro groups is 1. The van der Waals surface area contributed by atoms with Crippen molar-refractivity contribution in [2.75, 3.05) is 5.32 Å². The molecule has 0 spiro atoms. The molecule has 1 aromatic heterocycles. The van der Waals surface area contributed by atoms with E-state index in [2.05, 4.69) is 5.32 Å². The van der Waals surface area contributed by atoms with Gasteiger partial charge in [-0.1, -0.05) is 29.3 Å². The lowest BCUT2D eigenvalue weighted by atomic mass is 10.2. The summed E-state index contributed by atoms with van der Waals surface area (Å²) in [6.45, 7) is 1.80. The molecule has 1 N–H and O–H groups in total. The number of furan rings is 1. The number of hydrogen-bond acceptors (Lipinski definition) is 5. The predicted octanol–water partition coefficient (Wildman–Crippen LogP) is 5.63. The van der Waals surface area contributed by atoms with Gasteiger partial charge < -0.3 is 14.5 Å². The van der Waals surface area contributed by atoms with Crippen molar-refractivity contribution in [3.8, 4) is 5.75 Å². The van der Waals surface area contributed by atoms with E-state index in [4.69, 9.17) is 32.4 Å². The highest BCUT2D eigenvalue weighted by Gasteiger charge is 2.15. The van der Waals surface area contributed by atoms with Crippen LogP contribution in [0.1, 0.15) is 21.9 Å². The zero-order valence-electron chi connectivity index (χ0n) is 14.6. The van der Waals surface area contributed by atoms with Crippen molar-refractivity contribution in [3.05, 3.63) is 85.8 Å². The first-order valence-corrected chi connectivity index (χ1v) is 8.82. The fourth-order valence-electron chi connectivity index (χ4n) is 2.37. The monoisotopic (exact) mass is 420 g/mol. The van der Waals surface area contributed by atoms with Gasteiger partial charge in [0.25, 0.3) is 11.6 Å². The van der Waals surface area contributed by atoms with Crippen LogP contribution in [-0.4, -0.2) is 10.8 Å². The Morgan fingerprint density at radius 1 is 1.18 bits per heavy atom. The molecule has 2 aromatic carbocycles. The summed E-state index contributed by atoms with van der Waals surface area (Å²) in [7, 11) is 0. The molecule has 0 aliphatic heterocycles. The van der Waals surface area contributed by atoms with E-state index in [1.165, 1.54) is 24.3 Å². The maximum atomic E-state index is 12.3. The first-order valence-electron chi connectivity index (χ1n) is 8.07. The third-order valence-corrected chi connectivity index (χ3v) is 4.60. The number of hydrogen-bond donors (Lipinski definition) is 1. The molecule has 9 heteroatoms. The van der Waals surface area contributed by atoms with Crippen molar-refractivity contribution in [1.82, 2.24) is 0 Å². The summed E-state index contributed by atoms with van der Waals surface area (Å²) >= 11 is 12.0. The number of rotatable bonds is 6. The van der Waals surface area contributed by atoms with Crippen molar-refractivity contribution in [2.45, 2.75) is 13.5 Å². The van der Waals surface area contributed by atoms with Crippen LogP contribution < -0.4 is 10.1 Å². The fourth-order valence-corrected chi connectivity index (χ4v) is 2.78. The maximum Gasteiger partial charge on any atom is 0.291 e. The number of nitro benzene ring substituents is 1. The van der Waals surface area contributed by atoms with Crippen LogP contribution in [0.3, 0.4) is 0 Å². The molecule has 0 unspecified atom stereocenters. The summed E-state index contributed by atoms with van der Waals surface area (Å²) in [5.74, 6) is 0.337. The fraction of sp³-hybridized carbons (Fsp3) is 0.105. The van der Waals surface area contributed by atoms with E-state index < -0.39 is 10.8 Å². The Labute approximate surface area is 170 Å². The molecule has 1 amide bonds. The molecule has 0 saturated heterocycles. The third-order valence-electron chi connectivity index (χ3n) is 3.90. The molecular formula is C19H14Cl2N2O5. The van der Waals surface area contributed by atoms with Gasteiger partial charge in [0.15, 0.2) is 5.76 Å². The standard InChI is InChI=1S/C19H14Cl2N2O5/c1-11-14(20)3-2-4-16(11)22-19(24)18-8-6-13(28-18)10-27-17-7-5-12(23(25)26)9-15(17)21/h2-9H,10H2,1H3,(H,22,24). The number of ether oxygens (including phenoxy) is 1. The summed E-state index contributed by atoms with van der Waals surface area (Å²) in [4.78, 5) is 22.5. The summed E-state index contributed by atoms with van der Waals surface area (Å²) < 4.78 is 11.0. The number of nitrogens with zero attached hydrogens (tertiary/aromatic N) is 1. The zero-order valence-corrected chi connectivity index (χ0v) is 16.1. The SMILES string of the molecule is Cc1c(Cl)cccc1NC(=O)c1ccc(COc2ccc([N+](=O)[O-])cc2Cl)o1. The molecule has 0 radical (unpaired) electrons. The Morgan fingerprint density at radius 3 is 2.68 bits per heavy atom. The number of halogens is 2. The average molecular weight is 421 g/mol. The van der Waals surface area contributed by atoms with Crippen LogP contribution in [0, 0.1) is 17.0 Å². The van der Waals surface area contributed by atoms with Gasteiger partial charge in [-0.2, -0.15) is 0 Å². The molecule has 3 rings (SSSR count). The smallest absolute Gasteiger partial charge is 0.291 e. The second kappa shape index (κ2) is 8.33. The normalized spacial score (nSPS) is 10.5. The molecule has 3 aromatic rings. The topological polar surface area (TPSA) is 94.6 Å². The predicted molar refractivity (Wildman–Crippen MR) is 105 cm³/mol. The van der Waals surface area contributed by atoms with E-state index >= 15 is 0 Å². The van der Waals surface area contributed by atoms with Crippen LogP contribution >= 0.6 is 23.2 Å². The Morgan fingerprint density at radius 2 is 1.96 bits per heavy atom. The first kappa shape index (κ1) is 19.7. The van der Waals surface area contributed by atoms with Crippen LogP contribution in [-0.2, 0) is 6.61 Å². The first-order chi connectivity index (χ1) is 13.3. The van der Waals surface area contributed by atoms with E-state index in [0.29, 0.717) is 16.5 Å². The van der Waals surface area contributed by atoms with E-state index in [1.54, 1.807) is 31.2 Å². The van der Waals surface area contributed by atoms with Crippen LogP contribution in [0.5, 0.6) is 5.75 Å². The molecule has 28 heavy (non-hydrogen) atoms. The minimum Gasteiger partial charge on any atom is -0.484 e. The van der Waals surface area contributed by atoms with E-state index in [0.717, 1.165) is 5.56 Å². The van der Waals surface area contributed by atoms with Gasteiger partial charge in [0.05, 0.1) is 9.95 Å². The second-order valence-corrected chi connectivity index (χ2v) is 6.61. The number of anilines is 1. The third kappa shape index (κ3) is 4.44. The number of carbonyl (C=O) groups is 1. The lowest BCUT2D eigenvalue weighted by molar-refractivity contribution is -0.384. The van der Waals surface area contributed by atoms with Gasteiger partial charge in [0.2, 0.25) is 0 Å². The summed E-state index contributed by atoms with van der Waals surface area (Å²) in [6, 6.07) is 12.2. The van der Waals surface area contributed by atoms with Crippen molar-refractivity contribution in [1.29, 1.82) is 0 Å². The van der Waals surface area contributed by atoms with Gasteiger partial charge in [0, 0.05) is 22.8 Å². The summed E-state index contributed by atoms with van der Waals surface area (Å²) in [5.41, 5.74) is 1.20. The highest BCUT2D eigenvalue weighted by molar-refractivity contribution is 6.32. The lowest BCUT2D eigenvalue weighted by Crippen LogP contribution is -2.12. The quantitative estimate of drug-likeness (QED) is 0.411. The van der Waals surface area contributed by atoms with Crippen LogP contribution in [0.25, 0.3) is 0 Å². The van der Waals surface area contributed by atoms with Crippen LogP contribution in [0.2, 0.25) is 10.0 Å². The molecule has 144 valence electrons. The second-order valence-electron chi connectivity index (χ2n) is 5.79. The van der Waals surface area contributed by atoms with Gasteiger partial charge in [0.1, 0.15) is 18.1 Å². The highest BCUT2D eigenvalue weighted by atomic mass is 35.5. The maximum absolute atomic E-state index is 12.3. The number of carbonyl (C=O) groups excluding carboxylic acids is 1. The number of non-ortho nitro benzene ring substituents is 1. The summed E-state index contributed by atoms with van der Waals surface area (Å²) in [5, 5.41) is 14.1. The number of nitrogens with one attached hydrogen (secondary N) is 1. The number of benzene rings is 2. The van der Waals surface area contributed by atoms with E-state index in [1.807, 2.05) is 0 Å². The molecule has 0 saturated carbocycles. The molecule has 0 atom stereocenters. The largest absolute Gasteiger partial charge is 0.484 e. The molecule has 7 nitrogen and oxygen atoms in total. The van der Waals surface area contributed by atoms with Crippen molar-refractivity contribution < 1.29 is 18.9 Å². The van der Waals surface area contributed by atoms with Crippen LogP contribution in [0.15, 0.2) is 52.9 Å². The average Bonchev–Trinajstić information content (AvgIpc) is 3.13.